The summed E-state index contributed by atoms with van der Waals surface area (Å²) in [6, 6.07) is 11.5. The molecular formula is C16H16Br2ClNO. The van der Waals surface area contributed by atoms with Gasteiger partial charge in [0, 0.05) is 21.6 Å². The highest BCUT2D eigenvalue weighted by Gasteiger charge is 2.10. The minimum absolute atomic E-state index is 0.691. The maximum Gasteiger partial charge on any atom is 0.141 e. The largest absolute Gasteiger partial charge is 0.456 e. The van der Waals surface area contributed by atoms with Crippen molar-refractivity contribution >= 4 is 43.5 Å². The van der Waals surface area contributed by atoms with E-state index in [1.165, 1.54) is 0 Å². The lowest BCUT2D eigenvalue weighted by Gasteiger charge is -2.14. The monoisotopic (exact) mass is 431 g/mol. The summed E-state index contributed by atoms with van der Waals surface area (Å²) in [7, 11) is 0. The number of hydrogen-bond donors (Lipinski definition) is 1. The fraction of sp³-hybridized carbons (Fsp3) is 0.250. The normalized spacial score (nSPS) is 10.7. The first-order valence-corrected chi connectivity index (χ1v) is 8.69. The van der Waals surface area contributed by atoms with Gasteiger partial charge in [0.05, 0.1) is 4.47 Å². The molecule has 2 nitrogen and oxygen atoms in total. The Morgan fingerprint density at radius 3 is 2.67 bits per heavy atom. The fourth-order valence-electron chi connectivity index (χ4n) is 1.87. The SMILES string of the molecule is CCCNCc1c(Cl)cccc1Oc1ccc(Br)cc1Br. The van der Waals surface area contributed by atoms with E-state index in [4.69, 9.17) is 16.3 Å². The van der Waals surface area contributed by atoms with Gasteiger partial charge in [-0.1, -0.05) is 40.5 Å². The second-order valence-corrected chi connectivity index (χ2v) is 6.75. The van der Waals surface area contributed by atoms with Crippen LogP contribution in [-0.2, 0) is 6.54 Å². The Balaban J connectivity index is 2.24. The van der Waals surface area contributed by atoms with E-state index in [1.54, 1.807) is 0 Å². The molecule has 2 aromatic rings. The predicted octanol–water partition coefficient (Wildman–Crippen LogP) is 6.16. The number of rotatable bonds is 6. The van der Waals surface area contributed by atoms with Gasteiger partial charge in [-0.15, -0.1) is 0 Å². The van der Waals surface area contributed by atoms with Crippen LogP contribution in [0.25, 0.3) is 0 Å². The minimum Gasteiger partial charge on any atom is -0.456 e. The van der Waals surface area contributed by atoms with Gasteiger partial charge >= 0.3 is 0 Å². The number of nitrogens with one attached hydrogen (secondary N) is 1. The second-order valence-electron chi connectivity index (χ2n) is 4.57. The molecule has 0 aliphatic heterocycles. The van der Waals surface area contributed by atoms with Crippen molar-refractivity contribution in [1.29, 1.82) is 0 Å². The highest BCUT2D eigenvalue weighted by molar-refractivity contribution is 9.11. The molecule has 0 aliphatic rings. The van der Waals surface area contributed by atoms with Crippen molar-refractivity contribution in [2.75, 3.05) is 6.54 Å². The highest BCUT2D eigenvalue weighted by atomic mass is 79.9. The highest BCUT2D eigenvalue weighted by Crippen LogP contribution is 2.35. The third-order valence-electron chi connectivity index (χ3n) is 2.92. The van der Waals surface area contributed by atoms with E-state index in [0.29, 0.717) is 11.6 Å². The lowest BCUT2D eigenvalue weighted by Crippen LogP contribution is -2.14. The van der Waals surface area contributed by atoms with Crippen LogP contribution < -0.4 is 10.1 Å². The van der Waals surface area contributed by atoms with Crippen LogP contribution in [0.4, 0.5) is 0 Å². The van der Waals surface area contributed by atoms with Gasteiger partial charge in [0.2, 0.25) is 0 Å². The van der Waals surface area contributed by atoms with Crippen LogP contribution in [0.15, 0.2) is 45.3 Å². The zero-order chi connectivity index (χ0) is 15.2. The average molecular weight is 434 g/mol. The van der Waals surface area contributed by atoms with Crippen molar-refractivity contribution in [2.24, 2.45) is 0 Å². The van der Waals surface area contributed by atoms with Crippen molar-refractivity contribution in [3.05, 3.63) is 55.9 Å². The van der Waals surface area contributed by atoms with E-state index in [-0.39, 0.29) is 0 Å². The van der Waals surface area contributed by atoms with Crippen LogP contribution >= 0.6 is 43.5 Å². The molecule has 0 heterocycles. The van der Waals surface area contributed by atoms with Gasteiger partial charge in [-0.05, 0) is 59.2 Å². The minimum atomic E-state index is 0.691. The third-order valence-corrected chi connectivity index (χ3v) is 4.39. The Morgan fingerprint density at radius 1 is 1.14 bits per heavy atom. The lowest BCUT2D eigenvalue weighted by molar-refractivity contribution is 0.470. The summed E-state index contributed by atoms with van der Waals surface area (Å²) in [6.07, 6.45) is 1.08. The summed E-state index contributed by atoms with van der Waals surface area (Å²) in [5.41, 5.74) is 0.974. The zero-order valence-corrected chi connectivity index (χ0v) is 15.6. The van der Waals surface area contributed by atoms with Crippen LogP contribution in [0.1, 0.15) is 18.9 Å². The number of benzene rings is 2. The molecule has 0 radical (unpaired) electrons. The van der Waals surface area contributed by atoms with E-state index in [0.717, 1.165) is 39.0 Å². The maximum absolute atomic E-state index is 6.30. The molecule has 0 amide bonds. The topological polar surface area (TPSA) is 21.3 Å². The number of ether oxygens (including phenoxy) is 1. The van der Waals surface area contributed by atoms with Gasteiger partial charge < -0.3 is 10.1 Å². The summed E-state index contributed by atoms with van der Waals surface area (Å²) in [6.45, 7) is 3.78. The number of hydrogen-bond acceptors (Lipinski definition) is 2. The first-order valence-electron chi connectivity index (χ1n) is 6.73. The lowest BCUT2D eigenvalue weighted by atomic mass is 10.2. The van der Waals surface area contributed by atoms with Crippen molar-refractivity contribution in [3.8, 4) is 11.5 Å². The average Bonchev–Trinajstić information content (AvgIpc) is 2.45. The Labute approximate surface area is 147 Å². The molecule has 0 spiro atoms. The standard InChI is InChI=1S/C16H16Br2ClNO/c1-2-8-20-10-12-14(19)4-3-5-15(12)21-16-7-6-11(17)9-13(16)18/h3-7,9,20H,2,8,10H2,1H3. The van der Waals surface area contributed by atoms with Crippen molar-refractivity contribution in [3.63, 3.8) is 0 Å². The molecule has 0 aliphatic carbocycles. The molecule has 0 bridgehead atoms. The summed E-state index contributed by atoms with van der Waals surface area (Å²) >= 11 is 13.2. The van der Waals surface area contributed by atoms with Gasteiger partial charge in [-0.3, -0.25) is 0 Å². The summed E-state index contributed by atoms with van der Waals surface area (Å²) in [4.78, 5) is 0. The molecule has 5 heteroatoms. The molecule has 112 valence electrons. The summed E-state index contributed by atoms with van der Waals surface area (Å²) in [5, 5.41) is 4.07. The van der Waals surface area contributed by atoms with Crippen molar-refractivity contribution in [2.45, 2.75) is 19.9 Å². The fourth-order valence-corrected chi connectivity index (χ4v) is 3.23. The van der Waals surface area contributed by atoms with Gasteiger partial charge in [-0.25, -0.2) is 0 Å². The van der Waals surface area contributed by atoms with Gasteiger partial charge in [0.15, 0.2) is 0 Å². The van der Waals surface area contributed by atoms with Crippen LogP contribution in [0.3, 0.4) is 0 Å². The van der Waals surface area contributed by atoms with E-state index < -0.39 is 0 Å². The van der Waals surface area contributed by atoms with Crippen LogP contribution in [0, 0.1) is 0 Å². The summed E-state index contributed by atoms with van der Waals surface area (Å²) < 4.78 is 7.91. The molecule has 0 atom stereocenters. The molecule has 2 rings (SSSR count). The van der Waals surface area contributed by atoms with Crippen LogP contribution in [-0.4, -0.2) is 6.54 Å². The van der Waals surface area contributed by atoms with E-state index in [9.17, 15) is 0 Å². The Kier molecular flexibility index (Phi) is 6.55. The van der Waals surface area contributed by atoms with Crippen LogP contribution in [0.2, 0.25) is 5.02 Å². The van der Waals surface area contributed by atoms with E-state index >= 15 is 0 Å². The Hall–Kier alpha value is -0.550. The first-order chi connectivity index (χ1) is 10.1. The van der Waals surface area contributed by atoms with Gasteiger partial charge in [0.25, 0.3) is 0 Å². The smallest absolute Gasteiger partial charge is 0.141 e. The molecule has 2 aromatic carbocycles. The molecule has 0 unspecified atom stereocenters. The van der Waals surface area contributed by atoms with E-state index in [1.807, 2.05) is 36.4 Å². The molecule has 1 N–H and O–H groups in total. The Bertz CT molecular complexity index is 619. The number of halogens is 3. The quantitative estimate of drug-likeness (QED) is 0.551. The molecule has 0 saturated heterocycles. The maximum atomic E-state index is 6.30. The third kappa shape index (κ3) is 4.71. The molecular weight excluding hydrogens is 417 g/mol. The van der Waals surface area contributed by atoms with Gasteiger partial charge in [0.1, 0.15) is 11.5 Å². The molecule has 21 heavy (non-hydrogen) atoms. The zero-order valence-electron chi connectivity index (χ0n) is 11.6. The second kappa shape index (κ2) is 8.18. The van der Waals surface area contributed by atoms with Crippen LogP contribution in [0.5, 0.6) is 11.5 Å². The molecule has 0 aromatic heterocycles. The molecule has 0 fully saturated rings. The van der Waals surface area contributed by atoms with Crippen molar-refractivity contribution in [1.82, 2.24) is 5.32 Å². The predicted molar refractivity (Wildman–Crippen MR) is 95.4 cm³/mol. The Morgan fingerprint density at radius 2 is 1.95 bits per heavy atom. The summed E-state index contributed by atoms with van der Waals surface area (Å²) in [5.74, 6) is 1.53. The van der Waals surface area contributed by atoms with Gasteiger partial charge in [-0.2, -0.15) is 0 Å². The van der Waals surface area contributed by atoms with E-state index in [2.05, 4.69) is 44.1 Å². The first kappa shape index (κ1) is 16.8. The van der Waals surface area contributed by atoms with Crippen molar-refractivity contribution < 1.29 is 4.74 Å². The molecule has 0 saturated carbocycles.